The topological polar surface area (TPSA) is 41.6 Å². The van der Waals surface area contributed by atoms with E-state index in [-0.39, 0.29) is 11.7 Å². The average molecular weight is 236 g/mol. The van der Waals surface area contributed by atoms with E-state index in [0.29, 0.717) is 18.1 Å². The number of ether oxygens (including phenoxy) is 1. The zero-order chi connectivity index (χ0) is 11.5. The fourth-order valence-electron chi connectivity index (χ4n) is 3.92. The van der Waals surface area contributed by atoms with Crippen LogP contribution in [-0.2, 0) is 4.74 Å². The van der Waals surface area contributed by atoms with Gasteiger partial charge in [0.15, 0.2) is 0 Å². The maximum Gasteiger partial charge on any atom is 0.410 e. The average Bonchev–Trinajstić information content (AvgIpc) is 3.05. The Labute approximate surface area is 102 Å². The minimum Gasteiger partial charge on any atom is -0.443 e. The molecule has 1 amide bonds. The number of hydrogen-bond acceptors (Lipinski definition) is 3. The molecule has 0 aromatic carbocycles. The summed E-state index contributed by atoms with van der Waals surface area (Å²) in [5, 5.41) is 3.62. The lowest BCUT2D eigenvalue weighted by Crippen LogP contribution is -2.57. The molecule has 3 heterocycles. The Balaban J connectivity index is 1.50. The second-order valence-corrected chi connectivity index (χ2v) is 6.27. The zero-order valence-corrected chi connectivity index (χ0v) is 10.2. The number of fused-ring (bicyclic) bond motifs is 2. The summed E-state index contributed by atoms with van der Waals surface area (Å²) in [7, 11) is 0. The van der Waals surface area contributed by atoms with Gasteiger partial charge in [0, 0.05) is 43.9 Å². The monoisotopic (exact) mass is 236 g/mol. The van der Waals surface area contributed by atoms with Crippen LogP contribution >= 0.6 is 0 Å². The summed E-state index contributed by atoms with van der Waals surface area (Å²) in [6.45, 7) is 0.920. The molecule has 4 heteroatoms. The van der Waals surface area contributed by atoms with Crippen LogP contribution in [-0.4, -0.2) is 41.3 Å². The van der Waals surface area contributed by atoms with Crippen molar-refractivity contribution in [3.8, 4) is 0 Å². The number of carbonyl (C=O) groups is 1. The van der Waals surface area contributed by atoms with Gasteiger partial charge in [-0.2, -0.15) is 0 Å². The lowest BCUT2D eigenvalue weighted by atomic mass is 9.83. The van der Waals surface area contributed by atoms with Crippen molar-refractivity contribution >= 4 is 6.09 Å². The fraction of sp³-hybridized carbons (Fsp3) is 0.923. The Kier molecular flexibility index (Phi) is 2.02. The Bertz CT molecular complexity index is 341. The van der Waals surface area contributed by atoms with E-state index in [1.807, 2.05) is 4.90 Å². The summed E-state index contributed by atoms with van der Waals surface area (Å²) in [5.41, 5.74) is -0.125. The summed E-state index contributed by atoms with van der Waals surface area (Å²) in [6.07, 6.45) is 7.95. The molecule has 4 nitrogen and oxygen atoms in total. The largest absolute Gasteiger partial charge is 0.443 e. The number of rotatable bonds is 1. The SMILES string of the molecule is O=C1OC2(CCN1C1CC1)CC1CCC(C2)N1. The molecule has 2 atom stereocenters. The first-order valence-electron chi connectivity index (χ1n) is 7.00. The molecule has 2 unspecified atom stereocenters. The van der Waals surface area contributed by atoms with Crippen LogP contribution in [0.3, 0.4) is 0 Å². The van der Waals surface area contributed by atoms with E-state index in [1.165, 1.54) is 25.7 Å². The van der Waals surface area contributed by atoms with Crippen molar-refractivity contribution in [1.82, 2.24) is 10.2 Å². The Hall–Kier alpha value is -0.770. The molecule has 0 radical (unpaired) electrons. The highest BCUT2D eigenvalue weighted by Gasteiger charge is 2.50. The first-order chi connectivity index (χ1) is 8.24. The van der Waals surface area contributed by atoms with Crippen LogP contribution in [0.15, 0.2) is 0 Å². The third kappa shape index (κ3) is 1.65. The molecule has 0 aromatic heterocycles. The van der Waals surface area contributed by atoms with Crippen LogP contribution in [0.1, 0.15) is 44.9 Å². The van der Waals surface area contributed by atoms with Gasteiger partial charge in [-0.25, -0.2) is 4.79 Å². The molecule has 4 aliphatic rings. The zero-order valence-electron chi connectivity index (χ0n) is 10.2. The van der Waals surface area contributed by atoms with E-state index in [0.717, 1.165) is 25.8 Å². The molecule has 1 N–H and O–H groups in total. The minimum atomic E-state index is -0.125. The van der Waals surface area contributed by atoms with Gasteiger partial charge in [-0.05, 0) is 25.7 Å². The Morgan fingerprint density at radius 1 is 1.18 bits per heavy atom. The molecular formula is C13H20N2O2. The van der Waals surface area contributed by atoms with Crippen LogP contribution in [0.5, 0.6) is 0 Å². The third-order valence-electron chi connectivity index (χ3n) is 4.91. The number of amides is 1. The molecule has 1 spiro atoms. The highest BCUT2D eigenvalue weighted by Crippen LogP contribution is 2.42. The molecule has 1 saturated carbocycles. The van der Waals surface area contributed by atoms with Crippen molar-refractivity contribution in [2.24, 2.45) is 0 Å². The van der Waals surface area contributed by atoms with Gasteiger partial charge in [0.05, 0.1) is 0 Å². The molecule has 17 heavy (non-hydrogen) atoms. The minimum absolute atomic E-state index is 0.0416. The molecule has 0 aromatic rings. The van der Waals surface area contributed by atoms with Gasteiger partial charge in [-0.3, -0.25) is 0 Å². The Morgan fingerprint density at radius 2 is 1.88 bits per heavy atom. The van der Waals surface area contributed by atoms with Gasteiger partial charge in [0.1, 0.15) is 5.60 Å². The lowest BCUT2D eigenvalue weighted by Gasteiger charge is -2.45. The molecule has 3 aliphatic heterocycles. The van der Waals surface area contributed by atoms with E-state index in [4.69, 9.17) is 4.74 Å². The highest BCUT2D eigenvalue weighted by atomic mass is 16.6. The number of piperidine rings is 1. The number of carbonyl (C=O) groups excluding carboxylic acids is 1. The van der Waals surface area contributed by atoms with E-state index in [2.05, 4.69) is 5.32 Å². The van der Waals surface area contributed by atoms with Crippen molar-refractivity contribution < 1.29 is 9.53 Å². The predicted molar refractivity (Wildman–Crippen MR) is 62.7 cm³/mol. The first-order valence-corrected chi connectivity index (χ1v) is 7.00. The van der Waals surface area contributed by atoms with Gasteiger partial charge in [-0.1, -0.05) is 0 Å². The number of nitrogens with one attached hydrogen (secondary N) is 1. The van der Waals surface area contributed by atoms with Crippen LogP contribution < -0.4 is 5.32 Å². The molecule has 2 bridgehead atoms. The summed E-state index contributed by atoms with van der Waals surface area (Å²) in [6, 6.07) is 1.68. The van der Waals surface area contributed by atoms with Gasteiger partial charge in [0.2, 0.25) is 0 Å². The second-order valence-electron chi connectivity index (χ2n) is 6.27. The van der Waals surface area contributed by atoms with Crippen LogP contribution in [0.4, 0.5) is 4.79 Å². The molecule has 94 valence electrons. The number of hydrogen-bond donors (Lipinski definition) is 1. The van der Waals surface area contributed by atoms with E-state index in [9.17, 15) is 4.79 Å². The van der Waals surface area contributed by atoms with E-state index < -0.39 is 0 Å². The van der Waals surface area contributed by atoms with Crippen LogP contribution in [0.2, 0.25) is 0 Å². The van der Waals surface area contributed by atoms with Crippen LogP contribution in [0.25, 0.3) is 0 Å². The van der Waals surface area contributed by atoms with Gasteiger partial charge in [0.25, 0.3) is 0 Å². The van der Waals surface area contributed by atoms with Crippen LogP contribution in [0, 0.1) is 0 Å². The van der Waals surface area contributed by atoms with Crippen molar-refractivity contribution in [3.05, 3.63) is 0 Å². The highest BCUT2D eigenvalue weighted by molar-refractivity contribution is 5.70. The molecular weight excluding hydrogens is 216 g/mol. The van der Waals surface area contributed by atoms with Gasteiger partial charge >= 0.3 is 6.09 Å². The van der Waals surface area contributed by atoms with E-state index >= 15 is 0 Å². The van der Waals surface area contributed by atoms with E-state index in [1.54, 1.807) is 0 Å². The van der Waals surface area contributed by atoms with Crippen molar-refractivity contribution in [2.45, 2.75) is 68.7 Å². The smallest absolute Gasteiger partial charge is 0.410 e. The normalized spacial score (nSPS) is 45.2. The van der Waals surface area contributed by atoms with Gasteiger partial charge in [-0.15, -0.1) is 0 Å². The van der Waals surface area contributed by atoms with Crippen molar-refractivity contribution in [2.75, 3.05) is 6.54 Å². The Morgan fingerprint density at radius 3 is 2.47 bits per heavy atom. The number of nitrogens with zero attached hydrogens (tertiary/aromatic N) is 1. The third-order valence-corrected chi connectivity index (χ3v) is 4.91. The summed E-state index contributed by atoms with van der Waals surface area (Å²) >= 11 is 0. The quantitative estimate of drug-likeness (QED) is 0.752. The molecule has 4 rings (SSSR count). The maximum atomic E-state index is 12.1. The summed E-state index contributed by atoms with van der Waals surface area (Å²) in [4.78, 5) is 14.0. The summed E-state index contributed by atoms with van der Waals surface area (Å²) < 4.78 is 5.86. The maximum absolute atomic E-state index is 12.1. The fourth-order valence-corrected chi connectivity index (χ4v) is 3.92. The summed E-state index contributed by atoms with van der Waals surface area (Å²) in [5.74, 6) is 0. The van der Waals surface area contributed by atoms with Crippen molar-refractivity contribution in [3.63, 3.8) is 0 Å². The van der Waals surface area contributed by atoms with Gasteiger partial charge < -0.3 is 15.0 Å². The molecule has 3 saturated heterocycles. The molecule has 1 aliphatic carbocycles. The lowest BCUT2D eigenvalue weighted by molar-refractivity contribution is -0.0756. The van der Waals surface area contributed by atoms with Crippen molar-refractivity contribution in [1.29, 1.82) is 0 Å². The second kappa shape index (κ2) is 3.37. The predicted octanol–water partition coefficient (Wildman–Crippen LogP) is 1.64. The molecule has 4 fully saturated rings. The standard InChI is InChI=1S/C13H20N2O2/c16-12-15(11-3-4-11)6-5-13(17-12)7-9-1-2-10(8-13)14-9/h9-11,14H,1-8H2. The first kappa shape index (κ1) is 10.2.